The van der Waals surface area contributed by atoms with Crippen LogP contribution in [0.15, 0.2) is 30.8 Å². The number of hydrogen-bond donors (Lipinski definition) is 0. The number of unbranched alkanes of at least 4 members (excludes halogenated alkanes) is 5. The van der Waals surface area contributed by atoms with E-state index in [0.717, 1.165) is 13.0 Å². The molecule has 1 heteroatoms. The molecule has 1 aromatic rings. The Morgan fingerprint density at radius 3 is 2.68 bits per heavy atom. The van der Waals surface area contributed by atoms with Crippen molar-refractivity contribution in [2.24, 2.45) is 0 Å². The molecule has 0 saturated heterocycles. The molecule has 2 rings (SSSR count). The lowest BCUT2D eigenvalue weighted by molar-refractivity contribution is 0.0643. The van der Waals surface area contributed by atoms with Crippen LogP contribution < -0.4 is 0 Å². The molecule has 19 heavy (non-hydrogen) atoms. The van der Waals surface area contributed by atoms with Gasteiger partial charge in [0, 0.05) is 0 Å². The van der Waals surface area contributed by atoms with Crippen LogP contribution in [-0.2, 0) is 11.3 Å². The summed E-state index contributed by atoms with van der Waals surface area (Å²) in [5, 5.41) is 0. The second-order valence-electron chi connectivity index (χ2n) is 5.54. The molecule has 0 N–H and O–H groups in total. The van der Waals surface area contributed by atoms with E-state index in [9.17, 15) is 0 Å². The Bertz CT molecular complexity index is 408. The molecule has 0 spiro atoms. The van der Waals surface area contributed by atoms with Crippen LogP contribution in [0.5, 0.6) is 0 Å². The zero-order valence-corrected chi connectivity index (χ0v) is 12.2. The van der Waals surface area contributed by atoms with Gasteiger partial charge < -0.3 is 4.74 Å². The third kappa shape index (κ3) is 3.94. The Kier molecular flexibility index (Phi) is 5.65. The van der Waals surface area contributed by atoms with E-state index in [1.54, 1.807) is 0 Å². The zero-order valence-electron chi connectivity index (χ0n) is 12.2. The molecule has 1 nitrogen and oxygen atoms in total. The third-order valence-corrected chi connectivity index (χ3v) is 4.01. The second kappa shape index (κ2) is 7.49. The predicted molar refractivity (Wildman–Crippen MR) is 82.0 cm³/mol. The summed E-state index contributed by atoms with van der Waals surface area (Å²) >= 11 is 0. The van der Waals surface area contributed by atoms with Crippen LogP contribution in [0, 0.1) is 0 Å². The average Bonchev–Trinajstić information content (AvgIpc) is 2.45. The molecule has 0 amide bonds. The molecule has 0 saturated carbocycles. The molecule has 1 aromatic carbocycles. The van der Waals surface area contributed by atoms with Gasteiger partial charge in [0.25, 0.3) is 0 Å². The Morgan fingerprint density at radius 2 is 1.84 bits per heavy atom. The van der Waals surface area contributed by atoms with Crippen molar-refractivity contribution in [2.75, 3.05) is 0 Å². The first kappa shape index (κ1) is 14.3. The van der Waals surface area contributed by atoms with Crippen LogP contribution in [0.4, 0.5) is 0 Å². The molecule has 1 heterocycles. The van der Waals surface area contributed by atoms with E-state index in [4.69, 9.17) is 4.74 Å². The van der Waals surface area contributed by atoms with Gasteiger partial charge in [-0.15, -0.1) is 0 Å². The molecular weight excluding hydrogens is 232 g/mol. The number of ether oxygens (including phenoxy) is 1. The summed E-state index contributed by atoms with van der Waals surface area (Å²) in [5.74, 6) is 0. The van der Waals surface area contributed by atoms with Crippen molar-refractivity contribution in [3.63, 3.8) is 0 Å². The maximum Gasteiger partial charge on any atom is 0.0829 e. The van der Waals surface area contributed by atoms with E-state index >= 15 is 0 Å². The summed E-state index contributed by atoms with van der Waals surface area (Å²) < 4.78 is 5.94. The van der Waals surface area contributed by atoms with Crippen molar-refractivity contribution in [3.8, 4) is 0 Å². The standard InChI is InChI=1S/C18H26O/c1-3-4-5-6-7-8-13-18-15(2)17-12-10-9-11-16(17)14-19-18/h9-12,18H,2-8,13-14H2,1H3. The summed E-state index contributed by atoms with van der Waals surface area (Å²) in [4.78, 5) is 0. The second-order valence-corrected chi connectivity index (χ2v) is 5.54. The first-order valence-corrected chi connectivity index (χ1v) is 7.71. The minimum absolute atomic E-state index is 0.237. The van der Waals surface area contributed by atoms with E-state index in [1.165, 1.54) is 55.2 Å². The van der Waals surface area contributed by atoms with Crippen LogP contribution in [0.25, 0.3) is 5.57 Å². The summed E-state index contributed by atoms with van der Waals surface area (Å²) in [6.07, 6.45) is 9.39. The van der Waals surface area contributed by atoms with Crippen LogP contribution in [0.1, 0.15) is 63.0 Å². The van der Waals surface area contributed by atoms with Gasteiger partial charge in [-0.2, -0.15) is 0 Å². The van der Waals surface area contributed by atoms with Crippen molar-refractivity contribution in [1.82, 2.24) is 0 Å². The van der Waals surface area contributed by atoms with Gasteiger partial charge in [0.15, 0.2) is 0 Å². The molecule has 0 bridgehead atoms. The lowest BCUT2D eigenvalue weighted by Gasteiger charge is -2.27. The molecule has 1 aliphatic rings. The number of rotatable bonds is 7. The highest BCUT2D eigenvalue weighted by Crippen LogP contribution is 2.31. The van der Waals surface area contributed by atoms with E-state index in [2.05, 4.69) is 37.8 Å². The maximum absolute atomic E-state index is 5.94. The van der Waals surface area contributed by atoms with Gasteiger partial charge in [0.2, 0.25) is 0 Å². The van der Waals surface area contributed by atoms with E-state index in [1.807, 2.05) is 0 Å². The summed E-state index contributed by atoms with van der Waals surface area (Å²) in [6.45, 7) is 7.25. The van der Waals surface area contributed by atoms with Gasteiger partial charge in [-0.05, 0) is 23.1 Å². The monoisotopic (exact) mass is 258 g/mol. The molecule has 104 valence electrons. The minimum Gasteiger partial charge on any atom is -0.369 e. The molecular formula is C18H26O. The number of fused-ring (bicyclic) bond motifs is 1. The fraction of sp³-hybridized carbons (Fsp3) is 0.556. The van der Waals surface area contributed by atoms with Gasteiger partial charge in [0.05, 0.1) is 12.7 Å². The SMILES string of the molecule is C=C1c2ccccc2COC1CCCCCCCC. The molecule has 1 aliphatic heterocycles. The van der Waals surface area contributed by atoms with Gasteiger partial charge in [-0.1, -0.05) is 76.3 Å². The molecule has 0 radical (unpaired) electrons. The summed E-state index contributed by atoms with van der Waals surface area (Å²) in [7, 11) is 0. The smallest absolute Gasteiger partial charge is 0.0829 e. The van der Waals surface area contributed by atoms with Crippen molar-refractivity contribution in [1.29, 1.82) is 0 Å². The predicted octanol–water partition coefficient (Wildman–Crippen LogP) is 5.35. The fourth-order valence-corrected chi connectivity index (χ4v) is 2.79. The molecule has 1 unspecified atom stereocenters. The maximum atomic E-state index is 5.94. The Morgan fingerprint density at radius 1 is 1.11 bits per heavy atom. The topological polar surface area (TPSA) is 9.23 Å². The highest BCUT2D eigenvalue weighted by atomic mass is 16.5. The van der Waals surface area contributed by atoms with Crippen molar-refractivity contribution < 1.29 is 4.74 Å². The van der Waals surface area contributed by atoms with E-state index in [-0.39, 0.29) is 6.10 Å². The summed E-state index contributed by atoms with van der Waals surface area (Å²) in [5.41, 5.74) is 3.77. The van der Waals surface area contributed by atoms with Crippen LogP contribution in [0.2, 0.25) is 0 Å². The molecule has 0 aromatic heterocycles. The third-order valence-electron chi connectivity index (χ3n) is 4.01. The Labute approximate surface area is 117 Å². The van der Waals surface area contributed by atoms with Gasteiger partial charge in [0.1, 0.15) is 0 Å². The average molecular weight is 258 g/mol. The van der Waals surface area contributed by atoms with Gasteiger partial charge in [-0.25, -0.2) is 0 Å². The summed E-state index contributed by atoms with van der Waals surface area (Å²) in [6, 6.07) is 8.48. The van der Waals surface area contributed by atoms with Crippen molar-refractivity contribution >= 4 is 5.57 Å². The van der Waals surface area contributed by atoms with E-state index in [0.29, 0.717) is 0 Å². The highest BCUT2D eigenvalue weighted by molar-refractivity contribution is 5.70. The van der Waals surface area contributed by atoms with Crippen LogP contribution >= 0.6 is 0 Å². The van der Waals surface area contributed by atoms with Crippen molar-refractivity contribution in [2.45, 2.75) is 64.6 Å². The number of hydrogen-bond acceptors (Lipinski definition) is 1. The minimum atomic E-state index is 0.237. The van der Waals surface area contributed by atoms with Crippen LogP contribution in [-0.4, -0.2) is 6.10 Å². The Hall–Kier alpha value is -1.08. The van der Waals surface area contributed by atoms with Crippen molar-refractivity contribution in [3.05, 3.63) is 42.0 Å². The lowest BCUT2D eigenvalue weighted by Crippen LogP contribution is -2.20. The Balaban J connectivity index is 1.76. The van der Waals surface area contributed by atoms with E-state index < -0.39 is 0 Å². The highest BCUT2D eigenvalue weighted by Gasteiger charge is 2.21. The first-order chi connectivity index (χ1) is 9.33. The largest absolute Gasteiger partial charge is 0.369 e. The van der Waals surface area contributed by atoms with Gasteiger partial charge >= 0.3 is 0 Å². The zero-order chi connectivity index (χ0) is 13.5. The number of benzene rings is 1. The molecule has 0 fully saturated rings. The quantitative estimate of drug-likeness (QED) is 0.599. The normalized spacial score (nSPS) is 18.4. The molecule has 1 atom stereocenters. The molecule has 0 aliphatic carbocycles. The van der Waals surface area contributed by atoms with Gasteiger partial charge in [-0.3, -0.25) is 0 Å². The first-order valence-electron chi connectivity index (χ1n) is 7.71. The van der Waals surface area contributed by atoms with Crippen LogP contribution in [0.3, 0.4) is 0 Å². The lowest BCUT2D eigenvalue weighted by atomic mass is 9.92. The fourth-order valence-electron chi connectivity index (χ4n) is 2.79.